The molecule has 0 unspecified atom stereocenters. The van der Waals surface area contributed by atoms with Crippen LogP contribution in [0.4, 0.5) is 0 Å². The fraction of sp³-hybridized carbons (Fsp3) is 0.286. The summed E-state index contributed by atoms with van der Waals surface area (Å²) >= 11 is 5.82. The number of hydrogen-bond acceptors (Lipinski definition) is 6. The van der Waals surface area contributed by atoms with Crippen LogP contribution in [0.2, 0.25) is 5.02 Å². The van der Waals surface area contributed by atoms with Crippen LogP contribution in [0.25, 0.3) is 0 Å². The van der Waals surface area contributed by atoms with E-state index in [0.29, 0.717) is 29.0 Å². The lowest BCUT2D eigenvalue weighted by Crippen LogP contribution is -2.42. The van der Waals surface area contributed by atoms with Gasteiger partial charge in [-0.25, -0.2) is 18.6 Å². The fourth-order valence-corrected chi connectivity index (χ4v) is 4.79. The molecule has 164 valence electrons. The second-order valence-corrected chi connectivity index (χ2v) is 9.35. The van der Waals surface area contributed by atoms with Crippen molar-refractivity contribution in [1.29, 1.82) is 0 Å². The van der Waals surface area contributed by atoms with Gasteiger partial charge in [0.2, 0.25) is 15.9 Å². The molecular formula is C21H22ClN3O5S. The summed E-state index contributed by atoms with van der Waals surface area (Å²) in [5.41, 5.74) is 3.62. The van der Waals surface area contributed by atoms with Gasteiger partial charge in [-0.15, -0.1) is 0 Å². The highest BCUT2D eigenvalue weighted by Crippen LogP contribution is 2.24. The molecule has 0 atom stereocenters. The Hall–Kier alpha value is -2.75. The van der Waals surface area contributed by atoms with Crippen molar-refractivity contribution in [3.8, 4) is 0 Å². The maximum atomic E-state index is 12.7. The molecule has 0 spiro atoms. The molecule has 0 radical (unpaired) electrons. The van der Waals surface area contributed by atoms with Gasteiger partial charge < -0.3 is 4.74 Å². The van der Waals surface area contributed by atoms with E-state index in [2.05, 4.69) is 15.3 Å². The van der Waals surface area contributed by atoms with Crippen LogP contribution in [0, 0.1) is 5.92 Å². The summed E-state index contributed by atoms with van der Waals surface area (Å²) in [6.45, 7) is 0.503. The lowest BCUT2D eigenvalue weighted by atomic mass is 9.98. The van der Waals surface area contributed by atoms with Crippen LogP contribution in [-0.4, -0.2) is 51.0 Å². The van der Waals surface area contributed by atoms with E-state index in [-0.39, 0.29) is 29.8 Å². The van der Waals surface area contributed by atoms with Crippen LogP contribution in [0.1, 0.15) is 28.8 Å². The number of hydrazone groups is 1. The van der Waals surface area contributed by atoms with Gasteiger partial charge in [0.1, 0.15) is 0 Å². The lowest BCUT2D eigenvalue weighted by molar-refractivity contribution is -0.126. The predicted molar refractivity (Wildman–Crippen MR) is 116 cm³/mol. The topological polar surface area (TPSA) is 105 Å². The molecule has 3 rings (SSSR count). The van der Waals surface area contributed by atoms with Crippen molar-refractivity contribution < 1.29 is 22.7 Å². The number of sulfonamides is 1. The summed E-state index contributed by atoms with van der Waals surface area (Å²) in [4.78, 5) is 24.0. The van der Waals surface area contributed by atoms with E-state index in [9.17, 15) is 18.0 Å². The molecule has 1 heterocycles. The first-order valence-electron chi connectivity index (χ1n) is 9.58. The molecule has 1 amide bonds. The van der Waals surface area contributed by atoms with Gasteiger partial charge in [0.05, 0.1) is 23.8 Å². The zero-order valence-corrected chi connectivity index (χ0v) is 18.4. The predicted octanol–water partition coefficient (Wildman–Crippen LogP) is 2.68. The molecule has 1 aliphatic heterocycles. The third kappa shape index (κ3) is 5.69. The molecule has 1 aliphatic rings. The Morgan fingerprint density at radius 2 is 1.71 bits per heavy atom. The summed E-state index contributed by atoms with van der Waals surface area (Å²) in [6.07, 6.45) is 2.28. The smallest absolute Gasteiger partial charge is 0.337 e. The van der Waals surface area contributed by atoms with E-state index < -0.39 is 16.0 Å². The van der Waals surface area contributed by atoms with Gasteiger partial charge in [0, 0.05) is 24.0 Å². The summed E-state index contributed by atoms with van der Waals surface area (Å²) in [5, 5.41) is 4.42. The van der Waals surface area contributed by atoms with Crippen molar-refractivity contribution in [3.63, 3.8) is 0 Å². The molecule has 31 heavy (non-hydrogen) atoms. The Labute approximate surface area is 185 Å². The van der Waals surface area contributed by atoms with Gasteiger partial charge in [-0.05, 0) is 54.8 Å². The van der Waals surface area contributed by atoms with Crippen LogP contribution in [0.3, 0.4) is 0 Å². The zero-order chi connectivity index (χ0) is 22.4. The SMILES string of the molecule is COC(=O)c1ccc(/C=N\NC(=O)C2CCN(S(=O)(=O)c3ccc(Cl)cc3)CC2)cc1. The van der Waals surface area contributed by atoms with Crippen LogP contribution >= 0.6 is 11.6 Å². The maximum Gasteiger partial charge on any atom is 0.337 e. The van der Waals surface area contributed by atoms with Crippen LogP contribution < -0.4 is 5.43 Å². The number of hydrogen-bond donors (Lipinski definition) is 1. The van der Waals surface area contributed by atoms with Crippen molar-refractivity contribution in [2.24, 2.45) is 11.0 Å². The van der Waals surface area contributed by atoms with Crippen molar-refractivity contribution >= 4 is 39.7 Å². The van der Waals surface area contributed by atoms with Crippen molar-refractivity contribution in [2.45, 2.75) is 17.7 Å². The third-order valence-electron chi connectivity index (χ3n) is 5.00. The molecule has 8 nitrogen and oxygen atoms in total. The Morgan fingerprint density at radius 3 is 2.29 bits per heavy atom. The Kier molecular flexibility index (Phi) is 7.42. The van der Waals surface area contributed by atoms with Gasteiger partial charge in [-0.2, -0.15) is 9.41 Å². The first-order valence-corrected chi connectivity index (χ1v) is 11.4. The number of ether oxygens (including phenoxy) is 1. The molecule has 2 aromatic carbocycles. The minimum Gasteiger partial charge on any atom is -0.465 e. The molecule has 2 aromatic rings. The van der Waals surface area contributed by atoms with Crippen molar-refractivity contribution in [2.75, 3.05) is 20.2 Å². The third-order valence-corrected chi connectivity index (χ3v) is 7.16. The highest BCUT2D eigenvalue weighted by atomic mass is 35.5. The van der Waals surface area contributed by atoms with Crippen LogP contribution in [-0.2, 0) is 19.6 Å². The Morgan fingerprint density at radius 1 is 1.10 bits per heavy atom. The van der Waals surface area contributed by atoms with Crippen LogP contribution in [0.5, 0.6) is 0 Å². The average molecular weight is 464 g/mol. The van der Waals surface area contributed by atoms with E-state index in [4.69, 9.17) is 11.6 Å². The van der Waals surface area contributed by atoms with Crippen molar-refractivity contribution in [3.05, 3.63) is 64.7 Å². The van der Waals surface area contributed by atoms with E-state index in [1.807, 2.05) is 0 Å². The normalized spacial score (nSPS) is 15.7. The number of benzene rings is 2. The van der Waals surface area contributed by atoms with Gasteiger partial charge in [-0.3, -0.25) is 4.79 Å². The maximum absolute atomic E-state index is 12.7. The molecule has 1 N–H and O–H groups in total. The summed E-state index contributed by atoms with van der Waals surface area (Å²) < 4.78 is 31.5. The molecule has 1 fully saturated rings. The molecule has 0 saturated carbocycles. The molecule has 0 aliphatic carbocycles. The second kappa shape index (κ2) is 10.0. The number of nitrogens with zero attached hydrogens (tertiary/aromatic N) is 2. The Balaban J connectivity index is 1.51. The number of methoxy groups -OCH3 is 1. The average Bonchev–Trinajstić information content (AvgIpc) is 2.79. The minimum atomic E-state index is -3.61. The van der Waals surface area contributed by atoms with Gasteiger partial charge in [0.25, 0.3) is 0 Å². The zero-order valence-electron chi connectivity index (χ0n) is 16.8. The number of amides is 1. The monoisotopic (exact) mass is 463 g/mol. The fourth-order valence-electron chi connectivity index (χ4n) is 3.20. The van der Waals surface area contributed by atoms with Crippen LogP contribution in [0.15, 0.2) is 58.5 Å². The largest absolute Gasteiger partial charge is 0.465 e. The molecule has 10 heteroatoms. The number of carbonyl (C=O) groups is 2. The van der Waals surface area contributed by atoms with E-state index in [1.54, 1.807) is 24.3 Å². The lowest BCUT2D eigenvalue weighted by Gasteiger charge is -2.30. The van der Waals surface area contributed by atoms with E-state index in [1.165, 1.54) is 41.9 Å². The molecule has 0 bridgehead atoms. The highest BCUT2D eigenvalue weighted by molar-refractivity contribution is 7.89. The standard InChI is InChI=1S/C21H22ClN3O5S/c1-30-21(27)17-4-2-15(3-5-17)14-23-24-20(26)16-10-12-25(13-11-16)31(28,29)19-8-6-18(22)7-9-19/h2-9,14,16H,10-13H2,1H3,(H,24,26)/b23-14-. The number of esters is 1. The van der Waals surface area contributed by atoms with E-state index in [0.717, 1.165) is 0 Å². The highest BCUT2D eigenvalue weighted by Gasteiger charge is 2.32. The Bertz CT molecular complexity index is 1060. The first-order chi connectivity index (χ1) is 14.8. The minimum absolute atomic E-state index is 0.183. The number of halogens is 1. The number of nitrogens with one attached hydrogen (secondary N) is 1. The van der Waals surface area contributed by atoms with E-state index >= 15 is 0 Å². The second-order valence-electron chi connectivity index (χ2n) is 6.98. The number of carbonyl (C=O) groups excluding carboxylic acids is 2. The molecule has 0 aromatic heterocycles. The summed E-state index contributed by atoms with van der Waals surface area (Å²) in [6, 6.07) is 12.6. The summed E-state index contributed by atoms with van der Waals surface area (Å²) in [7, 11) is -2.30. The molecular weight excluding hydrogens is 442 g/mol. The van der Waals surface area contributed by atoms with Gasteiger partial charge >= 0.3 is 5.97 Å². The van der Waals surface area contributed by atoms with Crippen molar-refractivity contribution in [1.82, 2.24) is 9.73 Å². The van der Waals surface area contributed by atoms with Gasteiger partial charge in [-0.1, -0.05) is 23.7 Å². The quantitative estimate of drug-likeness (QED) is 0.403. The first kappa shape index (κ1) is 22.9. The van der Waals surface area contributed by atoms with Gasteiger partial charge in [0.15, 0.2) is 0 Å². The number of piperidine rings is 1. The molecule has 1 saturated heterocycles. The number of rotatable bonds is 6. The summed E-state index contributed by atoms with van der Waals surface area (Å²) in [5.74, 6) is -1.01.